The Balaban J connectivity index is 3.41. The normalized spacial score (nSPS) is 10.1. The van der Waals surface area contributed by atoms with Gasteiger partial charge in [-0.1, -0.05) is 6.58 Å². The molecule has 0 aliphatic carbocycles. The molecule has 3 heteroatoms. The van der Waals surface area contributed by atoms with E-state index < -0.39 is 0 Å². The molecule has 0 aromatic rings. The van der Waals surface area contributed by atoms with Crippen LogP contribution in [-0.4, -0.2) is 26.1 Å². The predicted octanol–water partition coefficient (Wildman–Crippen LogP) is 1.55. The molecule has 0 aromatic heterocycles. The molecule has 0 aliphatic heterocycles. The Hall–Kier alpha value is -0.540. The highest BCUT2D eigenvalue weighted by molar-refractivity contribution is 4.50. The largest absolute Gasteiger partial charge is 0.497 e. The molecular formula is C8H16O3. The second kappa shape index (κ2) is 7.57. The monoisotopic (exact) mass is 160 g/mol. The van der Waals surface area contributed by atoms with E-state index in [9.17, 15) is 0 Å². The van der Waals surface area contributed by atoms with Crippen LogP contribution in [-0.2, 0) is 14.2 Å². The SMILES string of the molecule is C=COCC(OCC)OCC. The van der Waals surface area contributed by atoms with Crippen LogP contribution in [0.1, 0.15) is 13.8 Å². The van der Waals surface area contributed by atoms with Gasteiger partial charge >= 0.3 is 0 Å². The molecule has 0 saturated heterocycles. The lowest BCUT2D eigenvalue weighted by Gasteiger charge is -2.15. The molecule has 0 radical (unpaired) electrons. The average molecular weight is 160 g/mol. The first-order valence-electron chi connectivity index (χ1n) is 3.80. The summed E-state index contributed by atoms with van der Waals surface area (Å²) in [5.74, 6) is 0. The van der Waals surface area contributed by atoms with Gasteiger partial charge in [-0.2, -0.15) is 0 Å². The molecule has 0 bridgehead atoms. The third-order valence-corrected chi connectivity index (χ3v) is 1.06. The van der Waals surface area contributed by atoms with Crippen molar-refractivity contribution in [3.8, 4) is 0 Å². The maximum Gasteiger partial charge on any atom is 0.191 e. The van der Waals surface area contributed by atoms with E-state index in [0.29, 0.717) is 19.8 Å². The standard InChI is InChI=1S/C8H16O3/c1-4-9-7-8(10-5-2)11-6-3/h4,8H,1,5-7H2,2-3H3. The van der Waals surface area contributed by atoms with Crippen LogP contribution in [0.5, 0.6) is 0 Å². The summed E-state index contributed by atoms with van der Waals surface area (Å²) in [6.45, 7) is 8.92. The van der Waals surface area contributed by atoms with Gasteiger partial charge in [0.25, 0.3) is 0 Å². The molecular weight excluding hydrogens is 144 g/mol. The van der Waals surface area contributed by atoms with Crippen LogP contribution in [0.4, 0.5) is 0 Å². The van der Waals surface area contributed by atoms with Crippen molar-refractivity contribution < 1.29 is 14.2 Å². The lowest BCUT2D eigenvalue weighted by Crippen LogP contribution is -2.22. The molecule has 11 heavy (non-hydrogen) atoms. The highest BCUT2D eigenvalue weighted by atomic mass is 16.7. The van der Waals surface area contributed by atoms with Gasteiger partial charge in [-0.05, 0) is 13.8 Å². The third-order valence-electron chi connectivity index (χ3n) is 1.06. The number of hydrogen-bond acceptors (Lipinski definition) is 3. The molecule has 0 heterocycles. The Morgan fingerprint density at radius 1 is 1.27 bits per heavy atom. The van der Waals surface area contributed by atoms with Gasteiger partial charge in [-0.25, -0.2) is 0 Å². The lowest BCUT2D eigenvalue weighted by molar-refractivity contribution is -0.158. The van der Waals surface area contributed by atoms with Gasteiger partial charge in [0, 0.05) is 13.2 Å². The second-order valence-electron chi connectivity index (χ2n) is 1.84. The van der Waals surface area contributed by atoms with Crippen molar-refractivity contribution in [2.45, 2.75) is 20.1 Å². The van der Waals surface area contributed by atoms with Crippen LogP contribution in [0.25, 0.3) is 0 Å². The molecule has 0 saturated carbocycles. The summed E-state index contributed by atoms with van der Waals surface area (Å²) in [6, 6.07) is 0. The lowest BCUT2D eigenvalue weighted by atomic mass is 10.6. The van der Waals surface area contributed by atoms with Gasteiger partial charge in [-0.3, -0.25) is 0 Å². The maximum atomic E-state index is 5.19. The van der Waals surface area contributed by atoms with E-state index in [4.69, 9.17) is 14.2 Å². The summed E-state index contributed by atoms with van der Waals surface area (Å²) < 4.78 is 15.3. The van der Waals surface area contributed by atoms with Crippen molar-refractivity contribution in [1.29, 1.82) is 0 Å². The van der Waals surface area contributed by atoms with Gasteiger partial charge in [0.2, 0.25) is 0 Å². The minimum Gasteiger partial charge on any atom is -0.497 e. The predicted molar refractivity (Wildman–Crippen MR) is 43.2 cm³/mol. The van der Waals surface area contributed by atoms with Gasteiger partial charge in [0.05, 0.1) is 6.26 Å². The van der Waals surface area contributed by atoms with Crippen molar-refractivity contribution in [2.24, 2.45) is 0 Å². The molecule has 0 unspecified atom stereocenters. The van der Waals surface area contributed by atoms with E-state index >= 15 is 0 Å². The Kier molecular flexibility index (Phi) is 7.19. The van der Waals surface area contributed by atoms with Crippen molar-refractivity contribution in [2.75, 3.05) is 19.8 Å². The van der Waals surface area contributed by atoms with Crippen LogP contribution >= 0.6 is 0 Å². The Labute approximate surface area is 67.9 Å². The van der Waals surface area contributed by atoms with Gasteiger partial charge in [0.1, 0.15) is 6.61 Å². The summed E-state index contributed by atoms with van der Waals surface area (Å²) in [5, 5.41) is 0. The zero-order valence-corrected chi connectivity index (χ0v) is 7.21. The Morgan fingerprint density at radius 2 is 1.82 bits per heavy atom. The minimum atomic E-state index is -0.261. The maximum absolute atomic E-state index is 5.19. The molecule has 0 spiro atoms. The molecule has 0 atom stereocenters. The molecule has 66 valence electrons. The molecule has 0 N–H and O–H groups in total. The average Bonchev–Trinajstić information content (AvgIpc) is 2.01. The summed E-state index contributed by atoms with van der Waals surface area (Å²) in [7, 11) is 0. The number of ether oxygens (including phenoxy) is 3. The van der Waals surface area contributed by atoms with Crippen LogP contribution in [0, 0.1) is 0 Å². The fourth-order valence-corrected chi connectivity index (χ4v) is 0.663. The number of rotatable bonds is 7. The van der Waals surface area contributed by atoms with Crippen LogP contribution in [0.2, 0.25) is 0 Å². The van der Waals surface area contributed by atoms with Crippen molar-refractivity contribution >= 4 is 0 Å². The Morgan fingerprint density at radius 3 is 2.18 bits per heavy atom. The first-order chi connectivity index (χ1) is 5.35. The highest BCUT2D eigenvalue weighted by Crippen LogP contribution is 1.95. The fourth-order valence-electron chi connectivity index (χ4n) is 0.663. The van der Waals surface area contributed by atoms with Crippen LogP contribution in [0.15, 0.2) is 12.8 Å². The van der Waals surface area contributed by atoms with Crippen LogP contribution in [0.3, 0.4) is 0 Å². The summed E-state index contributed by atoms with van der Waals surface area (Å²) >= 11 is 0. The molecule has 0 rings (SSSR count). The molecule has 0 aliphatic rings. The van der Waals surface area contributed by atoms with Crippen molar-refractivity contribution in [1.82, 2.24) is 0 Å². The smallest absolute Gasteiger partial charge is 0.191 e. The third kappa shape index (κ3) is 5.88. The first-order valence-corrected chi connectivity index (χ1v) is 3.80. The van der Waals surface area contributed by atoms with E-state index in [1.54, 1.807) is 0 Å². The fraction of sp³-hybridized carbons (Fsp3) is 0.750. The summed E-state index contributed by atoms with van der Waals surface area (Å²) in [5.41, 5.74) is 0. The first kappa shape index (κ1) is 10.5. The molecule has 0 fully saturated rings. The molecule has 3 nitrogen and oxygen atoms in total. The van der Waals surface area contributed by atoms with E-state index in [1.807, 2.05) is 13.8 Å². The highest BCUT2D eigenvalue weighted by Gasteiger charge is 2.05. The summed E-state index contributed by atoms with van der Waals surface area (Å²) in [4.78, 5) is 0. The second-order valence-corrected chi connectivity index (χ2v) is 1.84. The van der Waals surface area contributed by atoms with Crippen molar-refractivity contribution in [3.63, 3.8) is 0 Å². The number of hydrogen-bond donors (Lipinski definition) is 0. The topological polar surface area (TPSA) is 27.7 Å². The van der Waals surface area contributed by atoms with Gasteiger partial charge < -0.3 is 14.2 Å². The molecule has 0 aromatic carbocycles. The summed E-state index contributed by atoms with van der Waals surface area (Å²) in [6.07, 6.45) is 1.12. The van der Waals surface area contributed by atoms with E-state index in [2.05, 4.69) is 6.58 Å². The van der Waals surface area contributed by atoms with Crippen LogP contribution < -0.4 is 0 Å². The zero-order valence-electron chi connectivity index (χ0n) is 7.21. The van der Waals surface area contributed by atoms with Gasteiger partial charge in [0.15, 0.2) is 6.29 Å². The van der Waals surface area contributed by atoms with Crippen molar-refractivity contribution in [3.05, 3.63) is 12.8 Å². The Bertz CT molecular complexity index is 87.3. The quantitative estimate of drug-likeness (QED) is 0.417. The van der Waals surface area contributed by atoms with E-state index in [0.717, 1.165) is 0 Å². The van der Waals surface area contributed by atoms with E-state index in [-0.39, 0.29) is 6.29 Å². The van der Waals surface area contributed by atoms with Gasteiger partial charge in [-0.15, -0.1) is 0 Å². The molecule has 0 amide bonds. The van der Waals surface area contributed by atoms with E-state index in [1.165, 1.54) is 6.26 Å². The zero-order chi connectivity index (χ0) is 8.53. The minimum absolute atomic E-state index is 0.261.